The van der Waals surface area contributed by atoms with E-state index in [1.807, 2.05) is 13.8 Å². The summed E-state index contributed by atoms with van der Waals surface area (Å²) in [4.78, 5) is 12.2. The van der Waals surface area contributed by atoms with Gasteiger partial charge in [0, 0.05) is 11.6 Å². The Bertz CT molecular complexity index is 783. The van der Waals surface area contributed by atoms with Gasteiger partial charge in [-0.1, -0.05) is 23.7 Å². The van der Waals surface area contributed by atoms with Crippen molar-refractivity contribution in [2.24, 2.45) is 0 Å². The molecule has 0 saturated carbocycles. The van der Waals surface area contributed by atoms with Gasteiger partial charge in [-0.05, 0) is 61.7 Å². The average Bonchev–Trinajstić information content (AvgIpc) is 2.57. The topological polar surface area (TPSA) is 38.3 Å². The van der Waals surface area contributed by atoms with Crippen molar-refractivity contribution in [1.29, 1.82) is 0 Å². The number of alkyl halides is 3. The molecule has 2 aromatic carbocycles. The molecule has 0 unspecified atom stereocenters. The maximum atomic E-state index is 12.7. The molecule has 0 spiro atoms. The lowest BCUT2D eigenvalue weighted by molar-refractivity contribution is -0.137. The van der Waals surface area contributed by atoms with Gasteiger partial charge in [-0.2, -0.15) is 13.2 Å². The predicted molar refractivity (Wildman–Crippen MR) is 94.3 cm³/mol. The Hall–Kier alpha value is -2.21. The molecule has 3 nitrogen and oxygen atoms in total. The molecule has 1 N–H and O–H groups in total. The Morgan fingerprint density at radius 1 is 1.19 bits per heavy atom. The predicted octanol–water partition coefficient (Wildman–Crippen LogP) is 5.06. The molecule has 0 saturated heterocycles. The van der Waals surface area contributed by atoms with Crippen LogP contribution in [0.4, 0.5) is 13.2 Å². The van der Waals surface area contributed by atoms with Gasteiger partial charge in [0.05, 0.1) is 5.56 Å². The van der Waals surface area contributed by atoms with E-state index in [9.17, 15) is 18.0 Å². The van der Waals surface area contributed by atoms with Crippen LogP contribution in [0.1, 0.15) is 29.2 Å². The van der Waals surface area contributed by atoms with Crippen LogP contribution in [0, 0.1) is 13.8 Å². The van der Waals surface area contributed by atoms with Crippen LogP contribution in [0.3, 0.4) is 0 Å². The van der Waals surface area contributed by atoms with Crippen LogP contribution in [0.25, 0.3) is 0 Å². The Morgan fingerprint density at radius 2 is 1.81 bits per heavy atom. The van der Waals surface area contributed by atoms with Crippen molar-refractivity contribution in [2.75, 3.05) is 0 Å². The normalized spacial score (nSPS) is 12.6. The van der Waals surface area contributed by atoms with E-state index in [4.69, 9.17) is 16.3 Å². The van der Waals surface area contributed by atoms with E-state index < -0.39 is 23.8 Å². The van der Waals surface area contributed by atoms with Crippen LogP contribution < -0.4 is 10.1 Å². The summed E-state index contributed by atoms with van der Waals surface area (Å²) in [6.07, 6.45) is -5.22. The van der Waals surface area contributed by atoms with Gasteiger partial charge >= 0.3 is 6.18 Å². The second-order valence-electron chi connectivity index (χ2n) is 6.05. The van der Waals surface area contributed by atoms with Gasteiger partial charge in [-0.15, -0.1) is 0 Å². The van der Waals surface area contributed by atoms with Crippen molar-refractivity contribution in [1.82, 2.24) is 5.32 Å². The minimum absolute atomic E-state index is 0.0187. The Balaban J connectivity index is 1.98. The smallest absolute Gasteiger partial charge is 0.416 e. The van der Waals surface area contributed by atoms with Gasteiger partial charge in [-0.25, -0.2) is 0 Å². The van der Waals surface area contributed by atoms with Crippen molar-refractivity contribution in [3.05, 3.63) is 63.7 Å². The molecule has 0 aliphatic rings. The molecule has 1 amide bonds. The van der Waals surface area contributed by atoms with Crippen molar-refractivity contribution < 1.29 is 22.7 Å². The molecule has 0 aromatic heterocycles. The third kappa shape index (κ3) is 5.14. The number of benzene rings is 2. The number of nitrogens with one attached hydrogen (secondary N) is 1. The van der Waals surface area contributed by atoms with Gasteiger partial charge in [-0.3, -0.25) is 4.79 Å². The fourth-order valence-corrected chi connectivity index (χ4v) is 2.53. The summed E-state index contributed by atoms with van der Waals surface area (Å²) in [5.74, 6) is 0.0822. The van der Waals surface area contributed by atoms with E-state index >= 15 is 0 Å². The van der Waals surface area contributed by atoms with Gasteiger partial charge in [0.15, 0.2) is 6.10 Å². The molecule has 140 valence electrons. The largest absolute Gasteiger partial charge is 0.481 e. The minimum Gasteiger partial charge on any atom is -0.481 e. The van der Waals surface area contributed by atoms with E-state index in [1.165, 1.54) is 12.1 Å². The number of halogens is 4. The maximum absolute atomic E-state index is 12.7. The van der Waals surface area contributed by atoms with Crippen LogP contribution in [-0.4, -0.2) is 12.0 Å². The van der Waals surface area contributed by atoms with Crippen LogP contribution in [0.15, 0.2) is 36.4 Å². The SMILES string of the molecule is Cc1cc(O[C@@H](C)C(=O)NCc2cccc(C(F)(F)F)c2)cc(C)c1Cl. The van der Waals surface area contributed by atoms with E-state index in [0.29, 0.717) is 16.3 Å². The molecule has 1 atom stereocenters. The minimum atomic E-state index is -4.42. The molecule has 0 bridgehead atoms. The monoisotopic (exact) mass is 385 g/mol. The van der Waals surface area contributed by atoms with E-state index in [1.54, 1.807) is 19.1 Å². The van der Waals surface area contributed by atoms with Gasteiger partial charge in [0.1, 0.15) is 5.75 Å². The quantitative estimate of drug-likeness (QED) is 0.781. The lowest BCUT2D eigenvalue weighted by atomic mass is 10.1. The molecule has 0 fully saturated rings. The average molecular weight is 386 g/mol. The molecular weight excluding hydrogens is 367 g/mol. The summed E-state index contributed by atoms with van der Waals surface area (Å²) >= 11 is 6.10. The van der Waals surface area contributed by atoms with Crippen molar-refractivity contribution >= 4 is 17.5 Å². The first-order valence-electron chi connectivity index (χ1n) is 7.95. The molecule has 26 heavy (non-hydrogen) atoms. The summed E-state index contributed by atoms with van der Waals surface area (Å²) in [6.45, 7) is 5.22. The number of hydrogen-bond acceptors (Lipinski definition) is 2. The summed E-state index contributed by atoms with van der Waals surface area (Å²) in [5, 5.41) is 3.22. The first-order chi connectivity index (χ1) is 12.1. The number of aryl methyl sites for hydroxylation is 2. The van der Waals surface area contributed by atoms with Gasteiger partial charge in [0.25, 0.3) is 5.91 Å². The molecule has 0 aliphatic carbocycles. The number of carbonyl (C=O) groups is 1. The molecular formula is C19H19ClF3NO2. The number of rotatable bonds is 5. The molecule has 0 heterocycles. The fourth-order valence-electron chi connectivity index (χ4n) is 2.42. The van der Waals surface area contributed by atoms with Gasteiger partial charge < -0.3 is 10.1 Å². The number of ether oxygens (including phenoxy) is 1. The summed E-state index contributed by atoms with van der Waals surface area (Å²) in [7, 11) is 0. The second kappa shape index (κ2) is 7.99. The van der Waals surface area contributed by atoms with Crippen LogP contribution >= 0.6 is 11.6 Å². The Kier molecular flexibility index (Phi) is 6.18. The molecule has 0 aliphatic heterocycles. The highest BCUT2D eigenvalue weighted by molar-refractivity contribution is 6.32. The van der Waals surface area contributed by atoms with E-state index in [0.717, 1.165) is 23.3 Å². The van der Waals surface area contributed by atoms with Gasteiger partial charge in [0.2, 0.25) is 0 Å². The number of amides is 1. The standard InChI is InChI=1S/C19H19ClF3NO2/c1-11-7-16(8-12(2)17(11)20)26-13(3)18(25)24-10-14-5-4-6-15(9-14)19(21,22)23/h4-9,13H,10H2,1-3H3,(H,24,25)/t13-/m0/s1. The highest BCUT2D eigenvalue weighted by Gasteiger charge is 2.30. The van der Waals surface area contributed by atoms with Crippen molar-refractivity contribution in [2.45, 2.75) is 39.6 Å². The first-order valence-corrected chi connectivity index (χ1v) is 8.33. The molecule has 0 radical (unpaired) electrons. The van der Waals surface area contributed by atoms with Crippen LogP contribution in [0.5, 0.6) is 5.75 Å². The summed E-state index contributed by atoms with van der Waals surface area (Å²) < 4.78 is 43.8. The molecule has 7 heteroatoms. The number of hydrogen-bond donors (Lipinski definition) is 1. The highest BCUT2D eigenvalue weighted by atomic mass is 35.5. The first kappa shape index (κ1) is 20.1. The fraction of sp³-hybridized carbons (Fsp3) is 0.316. The Labute approximate surface area is 155 Å². The van der Waals surface area contributed by atoms with Crippen LogP contribution in [0.2, 0.25) is 5.02 Å². The number of carbonyl (C=O) groups excluding carboxylic acids is 1. The zero-order valence-electron chi connectivity index (χ0n) is 14.6. The third-order valence-electron chi connectivity index (χ3n) is 3.81. The zero-order chi connectivity index (χ0) is 19.5. The molecule has 2 aromatic rings. The highest BCUT2D eigenvalue weighted by Crippen LogP contribution is 2.29. The zero-order valence-corrected chi connectivity index (χ0v) is 15.3. The maximum Gasteiger partial charge on any atom is 0.416 e. The third-order valence-corrected chi connectivity index (χ3v) is 4.41. The lowest BCUT2D eigenvalue weighted by Gasteiger charge is -2.16. The van der Waals surface area contributed by atoms with Crippen LogP contribution in [-0.2, 0) is 17.5 Å². The second-order valence-corrected chi connectivity index (χ2v) is 6.43. The lowest BCUT2D eigenvalue weighted by Crippen LogP contribution is -2.36. The summed E-state index contributed by atoms with van der Waals surface area (Å²) in [6, 6.07) is 8.29. The van der Waals surface area contributed by atoms with E-state index in [-0.39, 0.29) is 6.54 Å². The van der Waals surface area contributed by atoms with E-state index in [2.05, 4.69) is 5.32 Å². The van der Waals surface area contributed by atoms with Crippen molar-refractivity contribution in [3.8, 4) is 5.75 Å². The Morgan fingerprint density at radius 3 is 2.38 bits per heavy atom. The molecule has 2 rings (SSSR count). The summed E-state index contributed by atoms with van der Waals surface area (Å²) in [5.41, 5.74) is 1.27. The van der Waals surface area contributed by atoms with Crippen molar-refractivity contribution in [3.63, 3.8) is 0 Å².